The predicted molar refractivity (Wildman–Crippen MR) is 74.9 cm³/mol. The Hall–Kier alpha value is -1.58. The number of non-ortho nitro benzene ring substituents is 1. The minimum Gasteiger partial charge on any atom is -0.384 e. The normalized spacial score (nSPS) is 13.2. The highest BCUT2D eigenvalue weighted by Crippen LogP contribution is 2.27. The first-order valence-corrected chi connectivity index (χ1v) is 6.20. The van der Waals surface area contributed by atoms with E-state index in [2.05, 4.69) is 33.0 Å². The molecule has 0 bridgehead atoms. The Morgan fingerprint density at radius 3 is 2.50 bits per heavy atom. The molecule has 1 aromatic rings. The lowest BCUT2D eigenvalue weighted by Gasteiger charge is -2.28. The van der Waals surface area contributed by atoms with Gasteiger partial charge in [-0.1, -0.05) is 33.8 Å². The Labute approximate surface area is 109 Å². The van der Waals surface area contributed by atoms with Gasteiger partial charge in [0.15, 0.2) is 0 Å². The first kappa shape index (κ1) is 14.5. The summed E-state index contributed by atoms with van der Waals surface area (Å²) >= 11 is 0. The van der Waals surface area contributed by atoms with Crippen LogP contribution in [0.3, 0.4) is 0 Å². The summed E-state index contributed by atoms with van der Waals surface area (Å²) in [6.07, 6.45) is 0. The third kappa shape index (κ3) is 3.72. The predicted octanol–water partition coefficient (Wildman–Crippen LogP) is 4.00. The van der Waals surface area contributed by atoms with Crippen LogP contribution in [0.1, 0.15) is 33.3 Å². The van der Waals surface area contributed by atoms with E-state index in [-0.39, 0.29) is 16.0 Å². The highest BCUT2D eigenvalue weighted by Gasteiger charge is 2.20. The Morgan fingerprint density at radius 1 is 1.39 bits per heavy atom. The van der Waals surface area contributed by atoms with Crippen LogP contribution >= 0.6 is 0 Å². The summed E-state index contributed by atoms with van der Waals surface area (Å²) < 4.78 is 0. The van der Waals surface area contributed by atoms with Gasteiger partial charge in [-0.15, -0.1) is 0 Å². The molecule has 0 aliphatic carbocycles. The molecule has 0 fully saturated rings. The third-order valence-electron chi connectivity index (χ3n) is 3.51. The average Bonchev–Trinajstić information content (AvgIpc) is 2.25. The summed E-state index contributed by atoms with van der Waals surface area (Å²) in [7, 11) is 0. The van der Waals surface area contributed by atoms with E-state index >= 15 is 0 Å². The molecule has 4 nitrogen and oxygen atoms in total. The molecule has 1 atom stereocenters. The number of hydrogen-bond acceptors (Lipinski definition) is 3. The van der Waals surface area contributed by atoms with Gasteiger partial charge in [-0.05, 0) is 23.8 Å². The van der Waals surface area contributed by atoms with Crippen molar-refractivity contribution in [2.75, 3.05) is 11.9 Å². The van der Waals surface area contributed by atoms with Crippen molar-refractivity contribution in [2.24, 2.45) is 11.3 Å². The molecule has 1 rings (SSSR count). The Kier molecular flexibility index (Phi) is 4.33. The monoisotopic (exact) mass is 250 g/mol. The number of rotatable bonds is 4. The van der Waals surface area contributed by atoms with E-state index in [1.807, 2.05) is 6.92 Å². The smallest absolute Gasteiger partial charge is 0.271 e. The number of nitro groups is 1. The first-order valence-electron chi connectivity index (χ1n) is 6.20. The van der Waals surface area contributed by atoms with Gasteiger partial charge in [0, 0.05) is 24.4 Å². The van der Waals surface area contributed by atoms with Crippen molar-refractivity contribution < 1.29 is 4.92 Å². The van der Waals surface area contributed by atoms with Crippen molar-refractivity contribution in [3.63, 3.8) is 0 Å². The second-order valence-corrected chi connectivity index (χ2v) is 5.90. The number of aryl methyl sites for hydroxylation is 1. The Balaban J connectivity index is 2.78. The van der Waals surface area contributed by atoms with Crippen molar-refractivity contribution >= 4 is 11.4 Å². The minimum atomic E-state index is -0.363. The van der Waals surface area contributed by atoms with Gasteiger partial charge in [0.25, 0.3) is 5.69 Å². The fraction of sp³-hybridized carbons (Fsp3) is 0.571. The van der Waals surface area contributed by atoms with Crippen molar-refractivity contribution in [1.82, 2.24) is 0 Å². The standard InChI is InChI=1S/C14H22N2O2/c1-10-6-7-12(16(17)18)8-13(10)15-9-11(2)14(3,4)5/h6-8,11,15H,9H2,1-5H3. The Morgan fingerprint density at radius 2 is 2.00 bits per heavy atom. The first-order chi connectivity index (χ1) is 8.21. The van der Waals surface area contributed by atoms with Gasteiger partial charge in [-0.2, -0.15) is 0 Å². The largest absolute Gasteiger partial charge is 0.384 e. The van der Waals surface area contributed by atoms with Crippen LogP contribution in [0.2, 0.25) is 0 Å². The lowest BCUT2D eigenvalue weighted by atomic mass is 9.82. The molecule has 0 aliphatic rings. The molecule has 100 valence electrons. The molecule has 0 saturated carbocycles. The zero-order valence-electron chi connectivity index (χ0n) is 11.8. The van der Waals surface area contributed by atoms with Crippen LogP contribution in [0, 0.1) is 28.4 Å². The van der Waals surface area contributed by atoms with E-state index < -0.39 is 0 Å². The van der Waals surface area contributed by atoms with Gasteiger partial charge in [-0.3, -0.25) is 10.1 Å². The van der Waals surface area contributed by atoms with Gasteiger partial charge in [0.2, 0.25) is 0 Å². The summed E-state index contributed by atoms with van der Waals surface area (Å²) in [5.41, 5.74) is 2.23. The summed E-state index contributed by atoms with van der Waals surface area (Å²) in [6.45, 7) is 11.5. The van der Waals surface area contributed by atoms with Crippen LogP contribution in [0.15, 0.2) is 18.2 Å². The van der Waals surface area contributed by atoms with E-state index in [1.54, 1.807) is 12.1 Å². The third-order valence-corrected chi connectivity index (χ3v) is 3.51. The topological polar surface area (TPSA) is 55.2 Å². The van der Waals surface area contributed by atoms with E-state index in [1.165, 1.54) is 6.07 Å². The SMILES string of the molecule is Cc1ccc([N+](=O)[O-])cc1NCC(C)C(C)(C)C. The number of nitrogens with one attached hydrogen (secondary N) is 1. The summed E-state index contributed by atoms with van der Waals surface area (Å²) in [4.78, 5) is 10.4. The van der Waals surface area contributed by atoms with Crippen molar-refractivity contribution in [1.29, 1.82) is 0 Å². The van der Waals surface area contributed by atoms with E-state index in [0.717, 1.165) is 17.8 Å². The average molecular weight is 250 g/mol. The van der Waals surface area contributed by atoms with Crippen LogP contribution in [-0.2, 0) is 0 Å². The van der Waals surface area contributed by atoms with Gasteiger partial charge in [-0.25, -0.2) is 0 Å². The maximum absolute atomic E-state index is 10.7. The van der Waals surface area contributed by atoms with Crippen LogP contribution in [0.4, 0.5) is 11.4 Å². The van der Waals surface area contributed by atoms with Crippen LogP contribution in [-0.4, -0.2) is 11.5 Å². The minimum absolute atomic E-state index is 0.131. The molecular weight excluding hydrogens is 228 g/mol. The number of nitro benzene ring substituents is 1. The maximum Gasteiger partial charge on any atom is 0.271 e. The van der Waals surface area contributed by atoms with Gasteiger partial charge < -0.3 is 5.32 Å². The zero-order valence-corrected chi connectivity index (χ0v) is 11.8. The van der Waals surface area contributed by atoms with E-state index in [9.17, 15) is 10.1 Å². The fourth-order valence-corrected chi connectivity index (χ4v) is 1.48. The van der Waals surface area contributed by atoms with Crippen molar-refractivity contribution in [2.45, 2.75) is 34.6 Å². The summed E-state index contributed by atoms with van der Waals surface area (Å²) in [5, 5.41) is 14.0. The number of nitrogens with zero attached hydrogens (tertiary/aromatic N) is 1. The number of anilines is 1. The molecule has 1 N–H and O–H groups in total. The van der Waals surface area contributed by atoms with Gasteiger partial charge in [0.1, 0.15) is 0 Å². The highest BCUT2D eigenvalue weighted by atomic mass is 16.6. The molecule has 4 heteroatoms. The van der Waals surface area contributed by atoms with Crippen LogP contribution in [0.25, 0.3) is 0 Å². The molecular formula is C14H22N2O2. The lowest BCUT2D eigenvalue weighted by Crippen LogP contribution is -2.25. The number of benzene rings is 1. The molecule has 0 saturated heterocycles. The molecule has 0 aromatic heterocycles. The molecule has 0 aliphatic heterocycles. The van der Waals surface area contributed by atoms with Gasteiger partial charge >= 0.3 is 0 Å². The fourth-order valence-electron chi connectivity index (χ4n) is 1.48. The molecule has 0 spiro atoms. The summed E-state index contributed by atoms with van der Waals surface area (Å²) in [6, 6.07) is 4.92. The Bertz CT molecular complexity index is 436. The van der Waals surface area contributed by atoms with Crippen molar-refractivity contribution in [3.05, 3.63) is 33.9 Å². The zero-order chi connectivity index (χ0) is 13.9. The molecule has 1 unspecified atom stereocenters. The maximum atomic E-state index is 10.7. The summed E-state index contributed by atoms with van der Waals surface area (Å²) in [5.74, 6) is 0.483. The van der Waals surface area contributed by atoms with Gasteiger partial charge in [0.05, 0.1) is 4.92 Å². The lowest BCUT2D eigenvalue weighted by molar-refractivity contribution is -0.384. The second kappa shape index (κ2) is 5.38. The molecule has 0 radical (unpaired) electrons. The molecule has 0 heterocycles. The molecule has 1 aromatic carbocycles. The van der Waals surface area contributed by atoms with E-state index in [4.69, 9.17) is 0 Å². The quantitative estimate of drug-likeness (QED) is 0.649. The van der Waals surface area contributed by atoms with Crippen molar-refractivity contribution in [3.8, 4) is 0 Å². The van der Waals surface area contributed by atoms with Crippen LogP contribution in [0.5, 0.6) is 0 Å². The number of hydrogen-bond donors (Lipinski definition) is 1. The molecule has 18 heavy (non-hydrogen) atoms. The molecule has 0 amide bonds. The second-order valence-electron chi connectivity index (χ2n) is 5.90. The van der Waals surface area contributed by atoms with E-state index in [0.29, 0.717) is 5.92 Å². The van der Waals surface area contributed by atoms with Crippen LogP contribution < -0.4 is 5.32 Å². The highest BCUT2D eigenvalue weighted by molar-refractivity contribution is 5.56.